The molecule has 3 aromatic rings. The number of rotatable bonds is 8. The smallest absolute Gasteiger partial charge is 0.292 e. The number of nitrogens with one attached hydrogen (secondary N) is 1. The first kappa shape index (κ1) is 21.2. The third kappa shape index (κ3) is 4.37. The van der Waals surface area contributed by atoms with Crippen LogP contribution in [-0.4, -0.2) is 69.6 Å². The van der Waals surface area contributed by atoms with Crippen LogP contribution >= 0.6 is 0 Å². The van der Waals surface area contributed by atoms with E-state index in [1.54, 1.807) is 25.3 Å². The van der Waals surface area contributed by atoms with E-state index in [-0.39, 0.29) is 17.3 Å². The highest BCUT2D eigenvalue weighted by Crippen LogP contribution is 2.23. The van der Waals surface area contributed by atoms with Gasteiger partial charge in [-0.25, -0.2) is 10.1 Å². The summed E-state index contributed by atoms with van der Waals surface area (Å²) in [6.07, 6.45) is 3.67. The quantitative estimate of drug-likeness (QED) is 0.374. The SMILES string of the molecule is COc1ccc(/C=N/NC(=O)c2c(CN3CCCC3)nnn2-c2nonc2N)c(OC)c1. The molecule has 1 saturated heterocycles. The minimum atomic E-state index is -0.532. The maximum atomic E-state index is 13.1. The first-order valence-corrected chi connectivity index (χ1v) is 9.91. The number of carbonyl (C=O) groups excluding carboxylic acids is 1. The molecule has 168 valence electrons. The van der Waals surface area contributed by atoms with E-state index in [0.717, 1.165) is 25.9 Å². The molecule has 2 aromatic heterocycles. The molecule has 3 N–H and O–H groups in total. The molecule has 0 spiro atoms. The zero-order chi connectivity index (χ0) is 22.5. The Kier molecular flexibility index (Phi) is 6.26. The minimum absolute atomic E-state index is 0.0110. The van der Waals surface area contributed by atoms with Crippen molar-refractivity contribution in [3.8, 4) is 17.3 Å². The first-order chi connectivity index (χ1) is 15.6. The Morgan fingerprint density at radius 2 is 2.09 bits per heavy atom. The molecule has 1 aromatic carbocycles. The van der Waals surface area contributed by atoms with Crippen LogP contribution in [0.25, 0.3) is 5.82 Å². The number of nitrogens with zero attached hydrogens (tertiary/aromatic N) is 7. The highest BCUT2D eigenvalue weighted by Gasteiger charge is 2.26. The Hall–Kier alpha value is -4.00. The summed E-state index contributed by atoms with van der Waals surface area (Å²) in [5.74, 6) is 0.725. The molecule has 0 atom stereocenters. The van der Waals surface area contributed by atoms with Crippen molar-refractivity contribution < 1.29 is 18.9 Å². The van der Waals surface area contributed by atoms with Gasteiger partial charge in [-0.1, -0.05) is 5.21 Å². The lowest BCUT2D eigenvalue weighted by Gasteiger charge is -2.13. The van der Waals surface area contributed by atoms with Crippen LogP contribution in [0.5, 0.6) is 11.5 Å². The largest absolute Gasteiger partial charge is 0.497 e. The van der Waals surface area contributed by atoms with Gasteiger partial charge in [0, 0.05) is 18.2 Å². The Labute approximate surface area is 183 Å². The molecule has 1 aliphatic heterocycles. The number of benzene rings is 1. The van der Waals surface area contributed by atoms with Crippen molar-refractivity contribution in [1.29, 1.82) is 0 Å². The topological polar surface area (TPSA) is 159 Å². The predicted molar refractivity (Wildman–Crippen MR) is 113 cm³/mol. The number of ether oxygens (including phenoxy) is 2. The fraction of sp³-hybridized carbons (Fsp3) is 0.368. The lowest BCUT2D eigenvalue weighted by molar-refractivity contribution is 0.0945. The standard InChI is InChI=1S/C19H23N9O4/c1-30-13-6-5-12(15(9-13)31-2)10-21-23-19(29)16-14(11-27-7-3-4-8-27)22-26-28(16)18-17(20)24-32-25-18/h5-6,9-10H,3-4,7-8,11H2,1-2H3,(H2,20,24)(H,23,29)/b21-10+. The number of carbonyl (C=O) groups is 1. The highest BCUT2D eigenvalue weighted by atomic mass is 16.6. The van der Waals surface area contributed by atoms with E-state index >= 15 is 0 Å². The van der Waals surface area contributed by atoms with E-state index in [1.165, 1.54) is 18.0 Å². The monoisotopic (exact) mass is 441 g/mol. The number of anilines is 1. The van der Waals surface area contributed by atoms with Crippen molar-refractivity contribution in [3.63, 3.8) is 0 Å². The number of hydrazone groups is 1. The first-order valence-electron chi connectivity index (χ1n) is 9.91. The van der Waals surface area contributed by atoms with Crippen molar-refractivity contribution in [1.82, 2.24) is 35.6 Å². The molecule has 13 nitrogen and oxygen atoms in total. The molecule has 3 heterocycles. The molecule has 4 rings (SSSR count). The van der Waals surface area contributed by atoms with Crippen molar-refractivity contribution in [2.24, 2.45) is 5.10 Å². The van der Waals surface area contributed by atoms with Crippen LogP contribution in [-0.2, 0) is 6.54 Å². The van der Waals surface area contributed by atoms with Crippen LogP contribution in [0.3, 0.4) is 0 Å². The predicted octanol–water partition coefficient (Wildman–Crippen LogP) is 0.609. The zero-order valence-corrected chi connectivity index (χ0v) is 17.7. The molecular weight excluding hydrogens is 418 g/mol. The number of aromatic nitrogens is 5. The van der Waals surface area contributed by atoms with E-state index in [4.69, 9.17) is 15.2 Å². The van der Waals surface area contributed by atoms with Gasteiger partial charge in [-0.3, -0.25) is 9.69 Å². The number of hydrogen-bond donors (Lipinski definition) is 2. The fourth-order valence-electron chi connectivity index (χ4n) is 3.42. The van der Waals surface area contributed by atoms with Gasteiger partial charge in [-0.05, 0) is 48.4 Å². The molecule has 1 fully saturated rings. The number of nitrogens with two attached hydrogens (primary N) is 1. The van der Waals surface area contributed by atoms with Gasteiger partial charge in [0.2, 0.25) is 11.6 Å². The summed E-state index contributed by atoms with van der Waals surface area (Å²) in [5, 5.41) is 19.6. The van der Waals surface area contributed by atoms with Gasteiger partial charge in [0.25, 0.3) is 5.91 Å². The van der Waals surface area contributed by atoms with Crippen molar-refractivity contribution in [3.05, 3.63) is 35.2 Å². The normalized spacial score (nSPS) is 14.2. The number of nitrogen functional groups attached to an aromatic ring is 1. The second-order valence-corrected chi connectivity index (χ2v) is 7.06. The Balaban J connectivity index is 1.58. The average molecular weight is 441 g/mol. The summed E-state index contributed by atoms with van der Waals surface area (Å²) in [5.41, 5.74) is 9.58. The third-order valence-electron chi connectivity index (χ3n) is 5.03. The van der Waals surface area contributed by atoms with E-state index in [2.05, 4.69) is 40.7 Å². The molecular formula is C19H23N9O4. The Morgan fingerprint density at radius 1 is 1.28 bits per heavy atom. The number of likely N-dealkylation sites (tertiary alicyclic amines) is 1. The van der Waals surface area contributed by atoms with Crippen LogP contribution in [0.1, 0.15) is 34.6 Å². The molecule has 1 amide bonds. The maximum Gasteiger partial charge on any atom is 0.292 e. The van der Waals surface area contributed by atoms with Crippen LogP contribution in [0.15, 0.2) is 27.9 Å². The average Bonchev–Trinajstić information content (AvgIpc) is 3.55. The van der Waals surface area contributed by atoms with Gasteiger partial charge in [0.15, 0.2) is 5.69 Å². The van der Waals surface area contributed by atoms with Gasteiger partial charge < -0.3 is 15.2 Å². The van der Waals surface area contributed by atoms with E-state index in [1.807, 2.05) is 0 Å². The second-order valence-electron chi connectivity index (χ2n) is 7.06. The summed E-state index contributed by atoms with van der Waals surface area (Å²) >= 11 is 0. The summed E-state index contributed by atoms with van der Waals surface area (Å²) in [6, 6.07) is 5.25. The van der Waals surface area contributed by atoms with Gasteiger partial charge in [0.1, 0.15) is 17.2 Å². The molecule has 0 bridgehead atoms. The summed E-state index contributed by atoms with van der Waals surface area (Å²) in [7, 11) is 3.10. The van der Waals surface area contributed by atoms with Gasteiger partial charge in [-0.15, -0.1) is 5.10 Å². The lowest BCUT2D eigenvalue weighted by atomic mass is 10.2. The Bertz CT molecular complexity index is 1120. The van der Waals surface area contributed by atoms with E-state index in [0.29, 0.717) is 29.3 Å². The molecule has 0 aliphatic carbocycles. The number of methoxy groups -OCH3 is 2. The van der Waals surface area contributed by atoms with Crippen molar-refractivity contribution in [2.75, 3.05) is 33.0 Å². The summed E-state index contributed by atoms with van der Waals surface area (Å²) in [4.78, 5) is 15.3. The summed E-state index contributed by atoms with van der Waals surface area (Å²) < 4.78 is 16.4. The van der Waals surface area contributed by atoms with Crippen LogP contribution < -0.4 is 20.6 Å². The fourth-order valence-corrected chi connectivity index (χ4v) is 3.42. The van der Waals surface area contributed by atoms with Crippen molar-refractivity contribution >= 4 is 17.9 Å². The molecule has 0 saturated carbocycles. The molecule has 13 heteroatoms. The van der Waals surface area contributed by atoms with Gasteiger partial charge >= 0.3 is 0 Å². The molecule has 0 unspecified atom stereocenters. The Morgan fingerprint density at radius 3 is 2.78 bits per heavy atom. The molecule has 1 aliphatic rings. The van der Waals surface area contributed by atoms with Crippen LogP contribution in [0, 0.1) is 0 Å². The van der Waals surface area contributed by atoms with E-state index in [9.17, 15) is 4.79 Å². The minimum Gasteiger partial charge on any atom is -0.497 e. The zero-order valence-electron chi connectivity index (χ0n) is 17.7. The molecule has 0 radical (unpaired) electrons. The van der Waals surface area contributed by atoms with Crippen LogP contribution in [0.4, 0.5) is 5.82 Å². The number of hydrogen-bond acceptors (Lipinski definition) is 11. The lowest BCUT2D eigenvalue weighted by Crippen LogP contribution is -2.26. The van der Waals surface area contributed by atoms with E-state index < -0.39 is 5.91 Å². The summed E-state index contributed by atoms with van der Waals surface area (Å²) in [6.45, 7) is 2.32. The number of amides is 1. The van der Waals surface area contributed by atoms with Crippen LogP contribution in [0.2, 0.25) is 0 Å². The maximum absolute atomic E-state index is 13.1. The van der Waals surface area contributed by atoms with Gasteiger partial charge in [0.05, 0.1) is 20.4 Å². The molecule has 32 heavy (non-hydrogen) atoms. The highest BCUT2D eigenvalue weighted by molar-refractivity contribution is 5.95. The third-order valence-corrected chi connectivity index (χ3v) is 5.03. The second kappa shape index (κ2) is 9.43. The van der Waals surface area contributed by atoms with Crippen molar-refractivity contribution in [2.45, 2.75) is 19.4 Å². The van der Waals surface area contributed by atoms with Gasteiger partial charge in [-0.2, -0.15) is 9.78 Å².